The minimum atomic E-state index is -0.830. The smallest absolute Gasteiger partial charge is 0.280 e. The van der Waals surface area contributed by atoms with Crippen LogP contribution in [0.1, 0.15) is 29.8 Å². The van der Waals surface area contributed by atoms with Crippen molar-refractivity contribution >= 4 is 22.5 Å². The van der Waals surface area contributed by atoms with Crippen molar-refractivity contribution in [3.63, 3.8) is 0 Å². The van der Waals surface area contributed by atoms with Gasteiger partial charge < -0.3 is 9.88 Å². The van der Waals surface area contributed by atoms with Gasteiger partial charge in [0.15, 0.2) is 5.82 Å². The van der Waals surface area contributed by atoms with Gasteiger partial charge >= 0.3 is 0 Å². The van der Waals surface area contributed by atoms with Crippen molar-refractivity contribution in [3.8, 4) is 11.5 Å². The number of para-hydroxylation sites is 1. The SMILES string of the molecule is Cc1ccc(NC(=O)C(C)n2nc(C)c3nn(-c4ccccc4)c(-n4cccc4)c3c2=O)c(C)c1. The molecule has 1 N–H and O–H groups in total. The van der Waals surface area contributed by atoms with Gasteiger partial charge in [0.05, 0.1) is 11.4 Å². The summed E-state index contributed by atoms with van der Waals surface area (Å²) in [6.45, 7) is 7.42. The van der Waals surface area contributed by atoms with Gasteiger partial charge in [-0.3, -0.25) is 9.59 Å². The number of nitrogens with zero attached hydrogens (tertiary/aromatic N) is 5. The van der Waals surface area contributed by atoms with Crippen molar-refractivity contribution in [2.45, 2.75) is 33.7 Å². The maximum atomic E-state index is 13.8. The standard InChI is InChI=1S/C27H26N6O2/c1-17-12-13-22(18(2)16-17)28-25(34)20(4)32-27(35)23-24(19(3)29-32)30-33(21-10-6-5-7-11-21)26(23)31-14-8-9-15-31/h5-16,20H,1-4H3,(H,28,34). The molecule has 5 rings (SSSR count). The van der Waals surface area contributed by atoms with Crippen LogP contribution in [0.25, 0.3) is 22.4 Å². The van der Waals surface area contributed by atoms with E-state index in [0.717, 1.165) is 16.8 Å². The lowest BCUT2D eigenvalue weighted by molar-refractivity contribution is -0.119. The molecule has 5 aromatic rings. The van der Waals surface area contributed by atoms with E-state index in [2.05, 4.69) is 10.4 Å². The average Bonchev–Trinajstić information content (AvgIpc) is 3.51. The highest BCUT2D eigenvalue weighted by molar-refractivity contribution is 5.94. The van der Waals surface area contributed by atoms with E-state index in [1.165, 1.54) is 4.68 Å². The first kappa shape index (κ1) is 22.3. The Hall–Kier alpha value is -4.46. The molecular formula is C27H26N6O2. The first-order valence-corrected chi connectivity index (χ1v) is 11.4. The first-order valence-electron chi connectivity index (χ1n) is 11.4. The van der Waals surface area contributed by atoms with Crippen LogP contribution in [-0.4, -0.2) is 30.0 Å². The van der Waals surface area contributed by atoms with Crippen LogP contribution in [0, 0.1) is 20.8 Å². The number of carbonyl (C=O) groups excluding carboxylic acids is 1. The van der Waals surface area contributed by atoms with Gasteiger partial charge in [-0.15, -0.1) is 0 Å². The summed E-state index contributed by atoms with van der Waals surface area (Å²) in [5, 5.41) is 12.6. The lowest BCUT2D eigenvalue weighted by atomic mass is 10.1. The molecule has 1 amide bonds. The van der Waals surface area contributed by atoms with Crippen molar-refractivity contribution in [3.05, 3.63) is 100 Å². The molecule has 8 heteroatoms. The summed E-state index contributed by atoms with van der Waals surface area (Å²) in [6, 6.07) is 18.4. The second-order valence-electron chi connectivity index (χ2n) is 8.70. The van der Waals surface area contributed by atoms with Gasteiger partial charge in [0.2, 0.25) is 5.91 Å². The van der Waals surface area contributed by atoms with Gasteiger partial charge in [-0.25, -0.2) is 9.36 Å². The highest BCUT2D eigenvalue weighted by Gasteiger charge is 2.25. The molecule has 0 aliphatic carbocycles. The number of aromatic nitrogens is 5. The second kappa shape index (κ2) is 8.72. The van der Waals surface area contributed by atoms with E-state index in [0.29, 0.717) is 28.1 Å². The van der Waals surface area contributed by atoms with E-state index in [1.54, 1.807) is 18.5 Å². The Morgan fingerprint density at radius 3 is 2.34 bits per heavy atom. The number of fused-ring (bicyclic) bond motifs is 1. The largest absolute Gasteiger partial charge is 0.324 e. The third-order valence-corrected chi connectivity index (χ3v) is 6.12. The molecule has 0 aliphatic heterocycles. The molecule has 0 fully saturated rings. The average molecular weight is 467 g/mol. The Morgan fingerprint density at radius 1 is 0.943 bits per heavy atom. The molecule has 3 heterocycles. The highest BCUT2D eigenvalue weighted by atomic mass is 16.2. The molecule has 0 spiro atoms. The zero-order valence-corrected chi connectivity index (χ0v) is 20.1. The van der Waals surface area contributed by atoms with Gasteiger partial charge in [-0.2, -0.15) is 10.2 Å². The lowest BCUT2D eigenvalue weighted by Crippen LogP contribution is -2.34. The van der Waals surface area contributed by atoms with E-state index in [-0.39, 0.29) is 11.5 Å². The number of hydrogen-bond acceptors (Lipinski definition) is 4. The first-order chi connectivity index (χ1) is 16.8. The number of rotatable bonds is 5. The summed E-state index contributed by atoms with van der Waals surface area (Å²) in [5.41, 5.74) is 4.29. The van der Waals surface area contributed by atoms with Crippen LogP contribution in [0.4, 0.5) is 5.69 Å². The highest BCUT2D eigenvalue weighted by Crippen LogP contribution is 2.25. The predicted octanol–water partition coefficient (Wildman–Crippen LogP) is 4.50. The molecule has 0 bridgehead atoms. The number of amides is 1. The Bertz CT molecular complexity index is 1600. The van der Waals surface area contributed by atoms with Crippen molar-refractivity contribution in [2.24, 2.45) is 0 Å². The molecule has 1 unspecified atom stereocenters. The minimum absolute atomic E-state index is 0.316. The van der Waals surface area contributed by atoms with Crippen LogP contribution in [0.5, 0.6) is 0 Å². The molecule has 8 nitrogen and oxygen atoms in total. The second-order valence-corrected chi connectivity index (χ2v) is 8.70. The van der Waals surface area contributed by atoms with Crippen LogP contribution in [0.2, 0.25) is 0 Å². The van der Waals surface area contributed by atoms with Crippen LogP contribution < -0.4 is 10.9 Å². The van der Waals surface area contributed by atoms with Crippen molar-refractivity contribution in [1.82, 2.24) is 24.1 Å². The molecule has 2 aromatic carbocycles. The van der Waals surface area contributed by atoms with Gasteiger partial charge in [0.1, 0.15) is 16.9 Å². The molecule has 35 heavy (non-hydrogen) atoms. The van der Waals surface area contributed by atoms with Crippen LogP contribution in [-0.2, 0) is 4.79 Å². The van der Waals surface area contributed by atoms with Crippen molar-refractivity contribution in [1.29, 1.82) is 0 Å². The van der Waals surface area contributed by atoms with E-state index < -0.39 is 6.04 Å². The Balaban J connectivity index is 1.65. The summed E-state index contributed by atoms with van der Waals surface area (Å²) in [7, 11) is 0. The molecular weight excluding hydrogens is 440 g/mol. The summed E-state index contributed by atoms with van der Waals surface area (Å²) >= 11 is 0. The molecule has 176 valence electrons. The van der Waals surface area contributed by atoms with E-state index in [1.807, 2.05) is 91.5 Å². The van der Waals surface area contributed by atoms with Crippen LogP contribution in [0.3, 0.4) is 0 Å². The fraction of sp³-hybridized carbons (Fsp3) is 0.185. The Morgan fingerprint density at radius 2 is 1.66 bits per heavy atom. The Labute approximate surface area is 202 Å². The maximum absolute atomic E-state index is 13.8. The molecule has 0 saturated carbocycles. The maximum Gasteiger partial charge on any atom is 0.280 e. The monoisotopic (exact) mass is 466 g/mol. The molecule has 0 saturated heterocycles. The molecule has 3 aromatic heterocycles. The topological polar surface area (TPSA) is 86.7 Å². The van der Waals surface area contributed by atoms with Gasteiger partial charge in [-0.1, -0.05) is 35.9 Å². The van der Waals surface area contributed by atoms with Gasteiger partial charge in [0.25, 0.3) is 5.56 Å². The molecule has 1 atom stereocenters. The Kier molecular flexibility index (Phi) is 5.56. The number of anilines is 1. The zero-order valence-electron chi connectivity index (χ0n) is 20.1. The number of hydrogen-bond donors (Lipinski definition) is 1. The van der Waals surface area contributed by atoms with E-state index in [9.17, 15) is 9.59 Å². The number of aryl methyl sites for hydroxylation is 3. The zero-order chi connectivity index (χ0) is 24.7. The van der Waals surface area contributed by atoms with Crippen LogP contribution >= 0.6 is 0 Å². The fourth-order valence-corrected chi connectivity index (χ4v) is 4.26. The van der Waals surface area contributed by atoms with Crippen LogP contribution in [0.15, 0.2) is 77.9 Å². The fourth-order valence-electron chi connectivity index (χ4n) is 4.26. The number of benzene rings is 2. The minimum Gasteiger partial charge on any atom is -0.324 e. The van der Waals surface area contributed by atoms with Gasteiger partial charge in [-0.05, 0) is 63.6 Å². The molecule has 0 radical (unpaired) electrons. The molecule has 0 aliphatic rings. The third kappa shape index (κ3) is 3.93. The van der Waals surface area contributed by atoms with Gasteiger partial charge in [0, 0.05) is 18.1 Å². The van der Waals surface area contributed by atoms with Crippen molar-refractivity contribution < 1.29 is 4.79 Å². The van der Waals surface area contributed by atoms with E-state index >= 15 is 0 Å². The van der Waals surface area contributed by atoms with E-state index in [4.69, 9.17) is 5.10 Å². The lowest BCUT2D eigenvalue weighted by Gasteiger charge is -2.16. The summed E-state index contributed by atoms with van der Waals surface area (Å²) in [5.74, 6) is 0.283. The summed E-state index contributed by atoms with van der Waals surface area (Å²) in [6.07, 6.45) is 3.73. The normalized spacial score (nSPS) is 12.1. The summed E-state index contributed by atoms with van der Waals surface area (Å²) < 4.78 is 4.85. The number of nitrogens with one attached hydrogen (secondary N) is 1. The quantitative estimate of drug-likeness (QED) is 0.413. The number of carbonyl (C=O) groups is 1. The third-order valence-electron chi connectivity index (χ3n) is 6.12. The predicted molar refractivity (Wildman–Crippen MR) is 136 cm³/mol. The summed E-state index contributed by atoms with van der Waals surface area (Å²) in [4.78, 5) is 27.0. The van der Waals surface area contributed by atoms with Crippen molar-refractivity contribution in [2.75, 3.05) is 5.32 Å².